The number of rotatable bonds is 6. The Labute approximate surface area is 172 Å². The normalized spacial score (nSPS) is 11.1. The minimum Gasteiger partial charge on any atom is -0.494 e. The second-order valence-corrected chi connectivity index (χ2v) is 6.72. The molecule has 0 bridgehead atoms. The van der Waals surface area contributed by atoms with Gasteiger partial charge in [-0.25, -0.2) is 0 Å². The zero-order valence-electron chi connectivity index (χ0n) is 16.6. The molecule has 0 saturated heterocycles. The highest BCUT2D eigenvalue weighted by molar-refractivity contribution is 6.02. The van der Waals surface area contributed by atoms with E-state index < -0.39 is 11.8 Å². The van der Waals surface area contributed by atoms with Crippen LogP contribution in [-0.2, 0) is 11.3 Å². The van der Waals surface area contributed by atoms with Crippen LogP contribution in [0, 0.1) is 13.8 Å². The van der Waals surface area contributed by atoms with Gasteiger partial charge in [0.25, 0.3) is 5.91 Å². The lowest BCUT2D eigenvalue weighted by Gasteiger charge is -2.09. The second kappa shape index (κ2) is 8.60. The van der Waals surface area contributed by atoms with Crippen molar-refractivity contribution in [2.75, 3.05) is 6.61 Å². The Morgan fingerprint density at radius 3 is 2.40 bits per heavy atom. The molecule has 2 N–H and O–H groups in total. The maximum atomic E-state index is 12.3. The Hall–Kier alpha value is -3.94. The highest BCUT2D eigenvalue weighted by Gasteiger charge is 2.17. The molecule has 0 spiro atoms. The lowest BCUT2D eigenvalue weighted by Crippen LogP contribution is -2.10. The number of benzene rings is 2. The molecule has 3 aromatic rings. The van der Waals surface area contributed by atoms with Crippen LogP contribution in [0.3, 0.4) is 0 Å². The molecule has 0 saturated carbocycles. The number of aromatic hydroxyl groups is 2. The van der Waals surface area contributed by atoms with Crippen molar-refractivity contribution in [1.82, 2.24) is 4.57 Å². The summed E-state index contributed by atoms with van der Waals surface area (Å²) in [6.45, 7) is 7.15. The third kappa shape index (κ3) is 4.07. The SMILES string of the molecule is C=CCn1c(O)c2ccc(C(=O)N=NC(=O)COc3c(C)cccc3C)cc2c1O. The van der Waals surface area contributed by atoms with Crippen LogP contribution >= 0.6 is 0 Å². The molecule has 0 atom stereocenters. The van der Waals surface area contributed by atoms with Crippen LogP contribution in [0.25, 0.3) is 10.8 Å². The van der Waals surface area contributed by atoms with Crippen molar-refractivity contribution in [3.8, 4) is 17.5 Å². The molecule has 0 unspecified atom stereocenters. The van der Waals surface area contributed by atoms with Gasteiger partial charge in [0.2, 0.25) is 11.8 Å². The summed E-state index contributed by atoms with van der Waals surface area (Å²) >= 11 is 0. The second-order valence-electron chi connectivity index (χ2n) is 6.72. The van der Waals surface area contributed by atoms with E-state index in [1.807, 2.05) is 32.0 Å². The van der Waals surface area contributed by atoms with E-state index in [9.17, 15) is 19.8 Å². The number of para-hydroxylation sites is 1. The fraction of sp³-hybridized carbons (Fsp3) is 0.182. The zero-order chi connectivity index (χ0) is 21.8. The molecule has 2 aromatic carbocycles. The Kier molecular flexibility index (Phi) is 5.96. The highest BCUT2D eigenvalue weighted by atomic mass is 16.5. The zero-order valence-corrected chi connectivity index (χ0v) is 16.6. The van der Waals surface area contributed by atoms with E-state index in [0.29, 0.717) is 11.1 Å². The molecule has 0 aliphatic rings. The number of carbonyl (C=O) groups excluding carboxylic acids is 2. The van der Waals surface area contributed by atoms with Crippen LogP contribution in [0.15, 0.2) is 59.3 Å². The van der Waals surface area contributed by atoms with Crippen molar-refractivity contribution in [3.63, 3.8) is 0 Å². The Morgan fingerprint density at radius 2 is 1.73 bits per heavy atom. The minimum absolute atomic E-state index is 0.112. The summed E-state index contributed by atoms with van der Waals surface area (Å²) < 4.78 is 6.75. The number of carbonyl (C=O) groups is 2. The summed E-state index contributed by atoms with van der Waals surface area (Å²) in [5.41, 5.74) is 1.88. The molecule has 1 heterocycles. The lowest BCUT2D eigenvalue weighted by molar-refractivity contribution is -0.120. The standard InChI is InChI=1S/C22H21N3O5/c1-4-10-25-21(28)16-9-8-15(11-17(16)22(25)29)20(27)24-23-18(26)12-30-19-13(2)6-5-7-14(19)3/h4-9,11,28-29H,1,10,12H2,2-3H3. The first-order chi connectivity index (χ1) is 14.3. The van der Waals surface area contributed by atoms with Crippen LogP contribution in [0.4, 0.5) is 0 Å². The van der Waals surface area contributed by atoms with Gasteiger partial charge < -0.3 is 14.9 Å². The number of hydrogen-bond donors (Lipinski definition) is 2. The molecule has 8 nitrogen and oxygen atoms in total. The number of azo groups is 1. The van der Waals surface area contributed by atoms with Gasteiger partial charge in [-0.1, -0.05) is 24.3 Å². The molecule has 8 heteroatoms. The number of ether oxygens (including phenoxy) is 1. The van der Waals surface area contributed by atoms with E-state index in [4.69, 9.17) is 4.74 Å². The van der Waals surface area contributed by atoms with Crippen molar-refractivity contribution < 1.29 is 24.5 Å². The first-order valence-corrected chi connectivity index (χ1v) is 9.16. The first kappa shape index (κ1) is 20.8. The molecule has 2 amide bonds. The van der Waals surface area contributed by atoms with Gasteiger partial charge in [-0.05, 0) is 43.2 Å². The third-order valence-corrected chi connectivity index (χ3v) is 4.57. The van der Waals surface area contributed by atoms with Crippen molar-refractivity contribution >= 4 is 22.6 Å². The molecule has 0 aliphatic carbocycles. The van der Waals surface area contributed by atoms with E-state index in [1.54, 1.807) is 0 Å². The largest absolute Gasteiger partial charge is 0.494 e. The number of aromatic nitrogens is 1. The number of allylic oxidation sites excluding steroid dienone is 1. The third-order valence-electron chi connectivity index (χ3n) is 4.57. The van der Waals surface area contributed by atoms with Gasteiger partial charge in [0, 0.05) is 22.9 Å². The molecule has 1 aromatic heterocycles. The van der Waals surface area contributed by atoms with Gasteiger partial charge in [0.15, 0.2) is 6.61 Å². The molecule has 154 valence electrons. The predicted molar refractivity (Wildman–Crippen MR) is 111 cm³/mol. The van der Waals surface area contributed by atoms with Crippen LogP contribution in [0.2, 0.25) is 0 Å². The monoisotopic (exact) mass is 407 g/mol. The van der Waals surface area contributed by atoms with Crippen LogP contribution in [0.5, 0.6) is 17.5 Å². The average molecular weight is 407 g/mol. The number of amides is 2. The van der Waals surface area contributed by atoms with E-state index >= 15 is 0 Å². The number of hydrogen-bond acceptors (Lipinski definition) is 5. The Morgan fingerprint density at radius 1 is 1.07 bits per heavy atom. The summed E-state index contributed by atoms with van der Waals surface area (Å²) in [7, 11) is 0. The number of nitrogens with zero attached hydrogens (tertiary/aromatic N) is 3. The summed E-state index contributed by atoms with van der Waals surface area (Å²) in [4.78, 5) is 24.2. The van der Waals surface area contributed by atoms with E-state index in [2.05, 4.69) is 16.8 Å². The Balaban J connectivity index is 1.72. The summed E-state index contributed by atoms with van der Waals surface area (Å²) in [6, 6.07) is 9.91. The summed E-state index contributed by atoms with van der Waals surface area (Å²) in [5.74, 6) is -1.21. The first-order valence-electron chi connectivity index (χ1n) is 9.16. The van der Waals surface area contributed by atoms with Gasteiger partial charge >= 0.3 is 5.91 Å². The maximum Gasteiger partial charge on any atom is 0.302 e. The van der Waals surface area contributed by atoms with Crippen LogP contribution in [0.1, 0.15) is 21.5 Å². The fourth-order valence-corrected chi connectivity index (χ4v) is 3.10. The Bertz CT molecular complexity index is 1160. The number of fused-ring (bicyclic) bond motifs is 1. The van der Waals surface area contributed by atoms with Crippen molar-refractivity contribution in [2.45, 2.75) is 20.4 Å². The van der Waals surface area contributed by atoms with E-state index in [1.165, 1.54) is 28.8 Å². The smallest absolute Gasteiger partial charge is 0.302 e. The molecular formula is C22H21N3O5. The molecule has 0 radical (unpaired) electrons. The average Bonchev–Trinajstić information content (AvgIpc) is 2.96. The fourth-order valence-electron chi connectivity index (χ4n) is 3.10. The summed E-state index contributed by atoms with van der Waals surface area (Å²) in [6.07, 6.45) is 1.52. The van der Waals surface area contributed by atoms with Gasteiger partial charge in [-0.15, -0.1) is 16.8 Å². The summed E-state index contributed by atoms with van der Waals surface area (Å²) in [5, 5.41) is 27.9. The van der Waals surface area contributed by atoms with Gasteiger partial charge in [0.1, 0.15) is 5.75 Å². The molecule has 30 heavy (non-hydrogen) atoms. The maximum absolute atomic E-state index is 12.3. The van der Waals surface area contributed by atoms with Gasteiger partial charge in [-0.3, -0.25) is 14.2 Å². The number of aryl methyl sites for hydroxylation is 2. The van der Waals surface area contributed by atoms with Crippen LogP contribution < -0.4 is 4.74 Å². The molecular weight excluding hydrogens is 386 g/mol. The lowest BCUT2D eigenvalue weighted by atomic mass is 10.1. The minimum atomic E-state index is -0.757. The van der Waals surface area contributed by atoms with E-state index in [-0.39, 0.29) is 35.9 Å². The highest BCUT2D eigenvalue weighted by Crippen LogP contribution is 2.36. The van der Waals surface area contributed by atoms with Crippen molar-refractivity contribution in [2.24, 2.45) is 10.2 Å². The van der Waals surface area contributed by atoms with Crippen molar-refractivity contribution in [3.05, 3.63) is 65.7 Å². The topological polar surface area (TPSA) is 113 Å². The van der Waals surface area contributed by atoms with E-state index in [0.717, 1.165) is 11.1 Å². The van der Waals surface area contributed by atoms with Gasteiger partial charge in [-0.2, -0.15) is 0 Å². The molecule has 0 fully saturated rings. The predicted octanol–water partition coefficient (Wildman–Crippen LogP) is 4.05. The van der Waals surface area contributed by atoms with Crippen LogP contribution in [-0.4, -0.2) is 33.2 Å². The molecule has 0 aliphatic heterocycles. The molecule has 3 rings (SSSR count). The quantitative estimate of drug-likeness (QED) is 0.473. The van der Waals surface area contributed by atoms with Gasteiger partial charge in [0.05, 0.1) is 0 Å². The van der Waals surface area contributed by atoms with Crippen molar-refractivity contribution in [1.29, 1.82) is 0 Å².